The maximum Gasteiger partial charge on any atom is 0.313 e. The quantitative estimate of drug-likeness (QED) is 0.257. The largest absolute Gasteiger partial charge is 0.455 e. The molecule has 2 saturated heterocycles. The summed E-state index contributed by atoms with van der Waals surface area (Å²) in [6, 6.07) is 13.4. The summed E-state index contributed by atoms with van der Waals surface area (Å²) in [6.45, 7) is 6.04. The number of aliphatic hydroxyl groups excluding tert-OH is 1. The molecule has 2 aromatic rings. The second-order valence-corrected chi connectivity index (χ2v) is 14.1. The Morgan fingerprint density at radius 2 is 1.77 bits per heavy atom. The molecule has 4 aliphatic heterocycles. The fourth-order valence-corrected chi connectivity index (χ4v) is 8.32. The molecule has 0 radical (unpaired) electrons. The van der Waals surface area contributed by atoms with Crippen LogP contribution in [0.15, 0.2) is 71.2 Å². The fourth-order valence-electron chi connectivity index (χ4n) is 7.58. The summed E-state index contributed by atoms with van der Waals surface area (Å²) in [5, 5.41) is 12.6. The number of fused-ring (bicyclic) bond motifs is 2. The molecule has 254 valence electrons. The second-order valence-electron chi connectivity index (χ2n) is 13.2. The van der Waals surface area contributed by atoms with E-state index in [9.17, 15) is 19.5 Å². The zero-order chi connectivity index (χ0) is 34.2. The van der Waals surface area contributed by atoms with E-state index in [0.29, 0.717) is 35.0 Å². The maximum absolute atomic E-state index is 15.0. The lowest BCUT2D eigenvalue weighted by molar-refractivity contribution is -0.161. The van der Waals surface area contributed by atoms with Crippen LogP contribution in [-0.2, 0) is 28.7 Å². The average Bonchev–Trinajstić information content (AvgIpc) is 3.65. The van der Waals surface area contributed by atoms with Gasteiger partial charge in [0.05, 0.1) is 12.0 Å². The monoisotopic (exact) mass is 719 g/mol. The number of hydrogen-bond donors (Lipinski definition) is 2. The van der Waals surface area contributed by atoms with Crippen LogP contribution < -0.4 is 10.2 Å². The Morgan fingerprint density at radius 1 is 1.00 bits per heavy atom. The number of likely N-dealkylation sites (tertiary alicyclic amines) is 1. The molecule has 10 nitrogen and oxygen atoms in total. The first-order valence-electron chi connectivity index (χ1n) is 16.6. The zero-order valence-corrected chi connectivity index (χ0v) is 29.0. The van der Waals surface area contributed by atoms with E-state index in [1.165, 1.54) is 0 Å². The van der Waals surface area contributed by atoms with E-state index in [2.05, 4.69) is 21.2 Å². The third kappa shape index (κ3) is 6.12. The van der Waals surface area contributed by atoms with Crippen molar-refractivity contribution in [2.75, 3.05) is 24.6 Å². The standard InChI is InChI=1S/C37H42BrN3O7/c1-22-15-16-23(2)27(20-22)40-17-9-5-8-14-28(43)39-24(3)31(25-12-6-4-7-13-25)47-36(46)29-30-34(44)41(18-10-11-19-42)33(35(40)45)37(30)21-26(38)32(29)48-37/h4-7,9,12-13,15-16,20-21,24,29-33,42H,8,10-11,14,17-19H2,1-3H3,(H,39,43)/b9-5-/t24-,29+,30-,31+,32+,33+,37-/m0/s1. The highest BCUT2D eigenvalue weighted by Crippen LogP contribution is 2.59. The number of nitrogens with one attached hydrogen (secondary N) is 1. The number of rotatable bonds is 6. The van der Waals surface area contributed by atoms with Gasteiger partial charge in [0, 0.05) is 36.3 Å². The number of esters is 1. The van der Waals surface area contributed by atoms with Gasteiger partial charge >= 0.3 is 5.97 Å². The van der Waals surface area contributed by atoms with Crippen LogP contribution >= 0.6 is 15.9 Å². The first-order valence-corrected chi connectivity index (χ1v) is 17.4. The molecule has 7 atom stereocenters. The van der Waals surface area contributed by atoms with E-state index < -0.39 is 47.7 Å². The second kappa shape index (κ2) is 14.0. The number of hydrogen-bond acceptors (Lipinski definition) is 7. The van der Waals surface area contributed by atoms with Crippen LogP contribution in [0.5, 0.6) is 0 Å². The fraction of sp³-hybridized carbons (Fsp3) is 0.459. The Morgan fingerprint density at radius 3 is 2.52 bits per heavy atom. The summed E-state index contributed by atoms with van der Waals surface area (Å²) in [5.41, 5.74) is 1.83. The van der Waals surface area contributed by atoms with Crippen LogP contribution in [-0.4, -0.2) is 77.2 Å². The number of cyclic esters (lactones) is 1. The Bertz CT molecular complexity index is 1640. The van der Waals surface area contributed by atoms with Gasteiger partial charge in [0.25, 0.3) is 5.91 Å². The Labute approximate surface area is 289 Å². The van der Waals surface area contributed by atoms with Crippen molar-refractivity contribution in [1.82, 2.24) is 10.2 Å². The van der Waals surface area contributed by atoms with E-state index in [4.69, 9.17) is 9.47 Å². The highest BCUT2D eigenvalue weighted by Gasteiger charge is 2.75. The molecule has 0 unspecified atom stereocenters. The lowest BCUT2D eigenvalue weighted by Gasteiger charge is -2.36. The molecule has 2 N–H and O–H groups in total. The van der Waals surface area contributed by atoms with Crippen LogP contribution in [0, 0.1) is 25.7 Å². The Hall–Kier alpha value is -3.80. The number of ether oxygens (including phenoxy) is 2. The van der Waals surface area contributed by atoms with Gasteiger partial charge in [-0.15, -0.1) is 0 Å². The number of halogens is 1. The van der Waals surface area contributed by atoms with Gasteiger partial charge in [-0.3, -0.25) is 19.2 Å². The molecule has 5 bridgehead atoms. The SMILES string of the molecule is Cc1ccc(C)c(N2C/C=C\CCC(=O)N[C@@H](C)[C@H](c3ccccc3)OC(=O)[C@H]3[C@@H]4O[C@@]5(C=C4Br)[C@@H]3C(=O)N(CCCCO)[C@@H]5C2=O)c1. The highest BCUT2D eigenvalue weighted by molar-refractivity contribution is 9.11. The van der Waals surface area contributed by atoms with E-state index in [-0.39, 0.29) is 43.8 Å². The minimum Gasteiger partial charge on any atom is -0.455 e. The maximum atomic E-state index is 15.0. The predicted molar refractivity (Wildman–Crippen MR) is 183 cm³/mol. The lowest BCUT2D eigenvalue weighted by Crippen LogP contribution is -2.56. The number of amides is 3. The van der Waals surface area contributed by atoms with Gasteiger partial charge in [0.1, 0.15) is 29.8 Å². The normalized spacial score (nSPS) is 31.4. The summed E-state index contributed by atoms with van der Waals surface area (Å²) in [5.74, 6) is -3.57. The first kappa shape index (κ1) is 34.1. The Kier molecular flexibility index (Phi) is 9.92. The van der Waals surface area contributed by atoms with Crippen LogP contribution in [0.25, 0.3) is 0 Å². The molecule has 2 fully saturated rings. The van der Waals surface area contributed by atoms with Crippen LogP contribution in [0.1, 0.15) is 55.4 Å². The van der Waals surface area contributed by atoms with Gasteiger partial charge in [0.15, 0.2) is 0 Å². The van der Waals surface area contributed by atoms with Crippen molar-refractivity contribution in [2.24, 2.45) is 11.8 Å². The number of carbonyl (C=O) groups is 4. The van der Waals surface area contributed by atoms with Crippen molar-refractivity contribution in [1.29, 1.82) is 0 Å². The van der Waals surface area contributed by atoms with Gasteiger partial charge in [-0.1, -0.05) is 70.5 Å². The molecule has 4 aliphatic rings. The zero-order valence-electron chi connectivity index (χ0n) is 27.4. The van der Waals surface area contributed by atoms with Crippen molar-refractivity contribution in [3.8, 4) is 0 Å². The molecule has 1 spiro atoms. The summed E-state index contributed by atoms with van der Waals surface area (Å²) < 4.78 is 13.5. The molecular formula is C37H42BrN3O7. The van der Waals surface area contributed by atoms with Crippen molar-refractivity contribution >= 4 is 45.3 Å². The van der Waals surface area contributed by atoms with Crippen molar-refractivity contribution in [3.05, 3.63) is 87.9 Å². The number of aryl methyl sites for hydroxylation is 2. The van der Waals surface area contributed by atoms with Crippen molar-refractivity contribution in [3.63, 3.8) is 0 Å². The molecule has 48 heavy (non-hydrogen) atoms. The number of unbranched alkanes of at least 4 members (excludes halogenated alkanes) is 1. The molecule has 6 rings (SSSR count). The van der Waals surface area contributed by atoms with Gasteiger partial charge in [-0.2, -0.15) is 0 Å². The Balaban J connectivity index is 1.48. The lowest BCUT2D eigenvalue weighted by atomic mass is 9.74. The number of aliphatic hydroxyl groups is 1. The molecule has 0 aliphatic carbocycles. The number of carbonyl (C=O) groups excluding carboxylic acids is 4. The minimum absolute atomic E-state index is 0.0524. The molecule has 4 heterocycles. The van der Waals surface area contributed by atoms with E-state index >= 15 is 4.79 Å². The van der Waals surface area contributed by atoms with Gasteiger partial charge in [-0.25, -0.2) is 0 Å². The smallest absolute Gasteiger partial charge is 0.313 e. The van der Waals surface area contributed by atoms with E-state index in [1.807, 2.05) is 74.5 Å². The van der Waals surface area contributed by atoms with Gasteiger partial charge in [-0.05, 0) is 68.9 Å². The molecule has 3 amide bonds. The minimum atomic E-state index is -1.42. The van der Waals surface area contributed by atoms with Crippen molar-refractivity contribution in [2.45, 2.75) is 76.3 Å². The van der Waals surface area contributed by atoms with E-state index in [1.54, 1.807) is 22.8 Å². The van der Waals surface area contributed by atoms with Gasteiger partial charge < -0.3 is 29.7 Å². The first-order chi connectivity index (χ1) is 23.1. The van der Waals surface area contributed by atoms with Gasteiger partial charge in [0.2, 0.25) is 11.8 Å². The molecule has 0 saturated carbocycles. The summed E-state index contributed by atoms with van der Waals surface area (Å²) in [7, 11) is 0. The molecule has 2 aromatic carbocycles. The number of benzene rings is 2. The summed E-state index contributed by atoms with van der Waals surface area (Å²) >= 11 is 3.61. The third-order valence-corrected chi connectivity index (χ3v) is 10.5. The summed E-state index contributed by atoms with van der Waals surface area (Å²) in [4.78, 5) is 60.2. The molecular weight excluding hydrogens is 678 g/mol. The van der Waals surface area contributed by atoms with Crippen LogP contribution in [0.3, 0.4) is 0 Å². The molecule has 0 aromatic heterocycles. The number of anilines is 1. The average molecular weight is 721 g/mol. The van der Waals surface area contributed by atoms with Crippen molar-refractivity contribution < 1.29 is 33.8 Å². The number of nitrogens with zero attached hydrogens (tertiary/aromatic N) is 2. The number of allylic oxidation sites excluding steroid dienone is 1. The highest BCUT2D eigenvalue weighted by atomic mass is 79.9. The molecule has 11 heteroatoms. The summed E-state index contributed by atoms with van der Waals surface area (Å²) in [6.07, 6.45) is 5.46. The third-order valence-electron chi connectivity index (χ3n) is 9.87. The topological polar surface area (TPSA) is 125 Å². The van der Waals surface area contributed by atoms with E-state index in [0.717, 1.165) is 11.1 Å². The predicted octanol–water partition coefficient (Wildman–Crippen LogP) is 4.42. The van der Waals surface area contributed by atoms with Crippen LogP contribution in [0.4, 0.5) is 5.69 Å². The van der Waals surface area contributed by atoms with Crippen LogP contribution in [0.2, 0.25) is 0 Å².